The third-order valence-corrected chi connectivity index (χ3v) is 1.94. The molecular formula is C9H7ClMgN2. The van der Waals surface area contributed by atoms with Gasteiger partial charge in [0.25, 0.3) is 0 Å². The van der Waals surface area contributed by atoms with Crippen LogP contribution in [0.25, 0.3) is 0 Å². The average molecular weight is 203 g/mol. The van der Waals surface area contributed by atoms with Gasteiger partial charge in [-0.3, -0.25) is 0 Å². The second-order valence-corrected chi connectivity index (χ2v) is 2.79. The fourth-order valence-corrected chi connectivity index (χ4v) is 1.18. The van der Waals surface area contributed by atoms with E-state index in [4.69, 9.17) is 5.26 Å². The first-order chi connectivity index (χ1) is 5.42. The van der Waals surface area contributed by atoms with Crippen LogP contribution in [-0.4, -0.2) is 28.0 Å². The standard InChI is InChI=1S/C9H7N2.ClH.Mg/c10-5-8-3-4-11-6-9(8)7-1-2-7;;/h3,6-7H,1-2H2;1H;/q-1;;+2/p-1. The Morgan fingerprint density at radius 1 is 1.54 bits per heavy atom. The molecule has 1 fully saturated rings. The van der Waals surface area contributed by atoms with Crippen molar-refractivity contribution in [3.05, 3.63) is 29.6 Å². The maximum absolute atomic E-state index is 8.70. The summed E-state index contributed by atoms with van der Waals surface area (Å²) in [4.78, 5) is 3.88. The first-order valence-corrected chi connectivity index (χ1v) is 3.68. The molecule has 1 heterocycles. The molecule has 0 unspecified atom stereocenters. The quantitative estimate of drug-likeness (QED) is 0.401. The van der Waals surface area contributed by atoms with Gasteiger partial charge >= 0.3 is 23.1 Å². The van der Waals surface area contributed by atoms with Gasteiger partial charge in [-0.2, -0.15) is 0 Å². The third-order valence-electron chi connectivity index (χ3n) is 1.94. The summed E-state index contributed by atoms with van der Waals surface area (Å²) < 4.78 is 0. The minimum atomic E-state index is 0. The number of hydrogen-bond acceptors (Lipinski definition) is 2. The van der Waals surface area contributed by atoms with Gasteiger partial charge in [0, 0.05) is 6.07 Å². The average Bonchev–Trinajstić information content (AvgIpc) is 2.87. The maximum Gasteiger partial charge on any atom is 2.00 e. The molecule has 0 spiro atoms. The molecule has 4 heteroatoms. The Balaban J connectivity index is 0.000000720. The van der Waals surface area contributed by atoms with Crippen molar-refractivity contribution in [1.29, 1.82) is 5.26 Å². The van der Waals surface area contributed by atoms with Crippen LogP contribution in [0.3, 0.4) is 0 Å². The van der Waals surface area contributed by atoms with Gasteiger partial charge in [0.1, 0.15) is 0 Å². The zero-order valence-corrected chi connectivity index (χ0v) is 9.30. The Kier molecular flexibility index (Phi) is 5.30. The van der Waals surface area contributed by atoms with Gasteiger partial charge in [-0.05, 0) is 18.8 Å². The van der Waals surface area contributed by atoms with Crippen LogP contribution in [0.4, 0.5) is 0 Å². The van der Waals surface area contributed by atoms with E-state index < -0.39 is 0 Å². The van der Waals surface area contributed by atoms with E-state index >= 15 is 0 Å². The molecule has 2 nitrogen and oxygen atoms in total. The monoisotopic (exact) mass is 202 g/mol. The molecule has 0 N–H and O–H groups in total. The summed E-state index contributed by atoms with van der Waals surface area (Å²) in [6.07, 6.45) is 6.84. The Hall–Kier alpha value is -0.304. The second-order valence-electron chi connectivity index (χ2n) is 2.79. The molecule has 13 heavy (non-hydrogen) atoms. The van der Waals surface area contributed by atoms with Crippen LogP contribution in [0.2, 0.25) is 0 Å². The molecule has 2 rings (SSSR count). The van der Waals surface area contributed by atoms with Gasteiger partial charge in [0.15, 0.2) is 0 Å². The summed E-state index contributed by atoms with van der Waals surface area (Å²) in [5.41, 5.74) is 1.84. The summed E-state index contributed by atoms with van der Waals surface area (Å²) in [5.74, 6) is 0.603. The van der Waals surface area contributed by atoms with Crippen molar-refractivity contribution in [3.8, 4) is 6.07 Å². The van der Waals surface area contributed by atoms with Crippen molar-refractivity contribution >= 4 is 23.1 Å². The predicted molar refractivity (Wildman–Crippen MR) is 45.5 cm³/mol. The van der Waals surface area contributed by atoms with Crippen LogP contribution in [0.1, 0.15) is 29.9 Å². The number of rotatable bonds is 1. The minimum absolute atomic E-state index is 0. The predicted octanol–water partition coefficient (Wildman–Crippen LogP) is -1.75. The van der Waals surface area contributed by atoms with E-state index in [1.54, 1.807) is 12.3 Å². The Labute approximate surface area is 99.9 Å². The smallest absolute Gasteiger partial charge is 1.00 e. The summed E-state index contributed by atoms with van der Waals surface area (Å²) in [7, 11) is 0. The number of pyridine rings is 1. The van der Waals surface area contributed by atoms with Crippen molar-refractivity contribution in [1.82, 2.24) is 4.98 Å². The van der Waals surface area contributed by atoms with Crippen LogP contribution in [0.5, 0.6) is 0 Å². The van der Waals surface area contributed by atoms with Crippen molar-refractivity contribution < 1.29 is 12.4 Å². The number of nitriles is 1. The van der Waals surface area contributed by atoms with Crippen molar-refractivity contribution in [2.75, 3.05) is 0 Å². The molecule has 1 aliphatic carbocycles. The SMILES string of the molecule is N#Cc1c[c-]ncc1C1CC1.[Cl-].[Mg+2]. The van der Waals surface area contributed by atoms with E-state index in [0.717, 1.165) is 11.1 Å². The molecule has 0 radical (unpaired) electrons. The molecule has 1 saturated carbocycles. The molecule has 0 aliphatic heterocycles. The van der Waals surface area contributed by atoms with Gasteiger partial charge in [-0.25, -0.2) is 5.26 Å². The largest absolute Gasteiger partial charge is 2.00 e. The van der Waals surface area contributed by atoms with E-state index in [-0.39, 0.29) is 35.5 Å². The van der Waals surface area contributed by atoms with Crippen molar-refractivity contribution in [2.45, 2.75) is 18.8 Å². The summed E-state index contributed by atoms with van der Waals surface area (Å²) in [6, 6.07) is 3.81. The van der Waals surface area contributed by atoms with Crippen molar-refractivity contribution in [3.63, 3.8) is 0 Å². The molecule has 0 amide bonds. The first-order valence-electron chi connectivity index (χ1n) is 3.68. The number of aromatic nitrogens is 1. The van der Waals surface area contributed by atoms with E-state index in [0.29, 0.717) is 5.92 Å². The van der Waals surface area contributed by atoms with Crippen LogP contribution < -0.4 is 12.4 Å². The van der Waals surface area contributed by atoms with Gasteiger partial charge in [-0.15, -0.1) is 11.6 Å². The molecule has 1 aliphatic rings. The van der Waals surface area contributed by atoms with E-state index in [1.807, 2.05) is 0 Å². The zero-order chi connectivity index (χ0) is 7.68. The van der Waals surface area contributed by atoms with Crippen molar-refractivity contribution in [2.24, 2.45) is 0 Å². The van der Waals surface area contributed by atoms with E-state index in [9.17, 15) is 0 Å². The van der Waals surface area contributed by atoms with E-state index in [1.165, 1.54) is 12.8 Å². The van der Waals surface area contributed by atoms with Crippen LogP contribution >= 0.6 is 0 Å². The fraction of sp³-hybridized carbons (Fsp3) is 0.333. The Morgan fingerprint density at radius 2 is 2.23 bits per heavy atom. The second kappa shape index (κ2) is 5.43. The van der Waals surface area contributed by atoms with Gasteiger partial charge in [-0.1, -0.05) is 18.0 Å². The number of hydrogen-bond donors (Lipinski definition) is 0. The van der Waals surface area contributed by atoms with Crippen LogP contribution in [0.15, 0.2) is 12.3 Å². The topological polar surface area (TPSA) is 36.7 Å². The minimum Gasteiger partial charge on any atom is -1.00 e. The molecule has 1 aromatic heterocycles. The van der Waals surface area contributed by atoms with Crippen LogP contribution in [-0.2, 0) is 0 Å². The summed E-state index contributed by atoms with van der Waals surface area (Å²) >= 11 is 0. The number of nitrogens with zero attached hydrogens (tertiary/aromatic N) is 2. The van der Waals surface area contributed by atoms with E-state index in [2.05, 4.69) is 17.3 Å². The molecule has 1 aromatic rings. The Bertz CT molecular complexity index is 318. The van der Waals surface area contributed by atoms with Crippen LogP contribution in [0, 0.1) is 17.5 Å². The number of halogens is 1. The summed E-state index contributed by atoms with van der Waals surface area (Å²) in [5, 5.41) is 8.70. The molecule has 0 saturated heterocycles. The Morgan fingerprint density at radius 3 is 2.77 bits per heavy atom. The normalized spacial score (nSPS) is 13.5. The molecular weight excluding hydrogens is 196 g/mol. The molecule has 0 aromatic carbocycles. The third kappa shape index (κ3) is 2.83. The molecule has 0 bridgehead atoms. The molecule has 0 atom stereocenters. The maximum atomic E-state index is 8.70. The van der Waals surface area contributed by atoms with Gasteiger partial charge in [0.05, 0.1) is 0 Å². The first kappa shape index (κ1) is 12.7. The summed E-state index contributed by atoms with van der Waals surface area (Å²) in [6.45, 7) is 0. The van der Waals surface area contributed by atoms with Gasteiger partial charge < -0.3 is 17.4 Å². The molecule has 62 valence electrons. The van der Waals surface area contributed by atoms with Gasteiger partial charge in [0.2, 0.25) is 0 Å². The fourth-order valence-electron chi connectivity index (χ4n) is 1.18. The zero-order valence-electron chi connectivity index (χ0n) is 7.13.